The highest BCUT2D eigenvalue weighted by Gasteiger charge is 2.57. The fraction of sp³-hybridized carbons (Fsp3) is 0.567. The predicted octanol–water partition coefficient (Wildman–Crippen LogP) is 6.55. The third kappa shape index (κ3) is 5.54. The van der Waals surface area contributed by atoms with Crippen molar-refractivity contribution in [3.8, 4) is 0 Å². The number of ether oxygens (including phenoxy) is 1. The van der Waals surface area contributed by atoms with Gasteiger partial charge in [-0.1, -0.05) is 20.8 Å². The normalized spacial score (nSPS) is 22.9. The number of hydrogen-bond donors (Lipinski definition) is 3. The van der Waals surface area contributed by atoms with Crippen molar-refractivity contribution in [1.29, 1.82) is 0 Å². The Labute approximate surface area is 240 Å². The van der Waals surface area contributed by atoms with Crippen LogP contribution in [0.1, 0.15) is 79.3 Å². The molecule has 3 aromatic heterocycles. The summed E-state index contributed by atoms with van der Waals surface area (Å²) in [5.74, 6) is 1.66. The smallest absolute Gasteiger partial charge is 0.435 e. The first-order valence-corrected chi connectivity index (χ1v) is 14.3. The number of fused-ring (bicyclic) bond motifs is 3. The van der Waals surface area contributed by atoms with Crippen LogP contribution >= 0.6 is 0 Å². The number of amides is 1. The van der Waals surface area contributed by atoms with Crippen molar-refractivity contribution in [3.63, 3.8) is 0 Å². The zero-order valence-electron chi connectivity index (χ0n) is 25.0. The molecule has 0 spiro atoms. The maximum atomic E-state index is 12.6. The van der Waals surface area contributed by atoms with Gasteiger partial charge in [-0.2, -0.15) is 4.68 Å². The van der Waals surface area contributed by atoms with Crippen LogP contribution in [0.2, 0.25) is 0 Å². The molecule has 3 N–H and O–H groups in total. The van der Waals surface area contributed by atoms with Crippen LogP contribution in [-0.2, 0) is 4.74 Å². The first-order chi connectivity index (χ1) is 19.2. The molecule has 2 aliphatic heterocycles. The molecule has 3 atom stereocenters. The van der Waals surface area contributed by atoms with E-state index in [1.807, 2.05) is 39.0 Å². The van der Waals surface area contributed by atoms with Crippen molar-refractivity contribution in [2.24, 2.45) is 5.41 Å². The minimum atomic E-state index is -0.830. The van der Waals surface area contributed by atoms with Crippen molar-refractivity contribution in [1.82, 2.24) is 24.6 Å². The molecule has 1 amide bonds. The number of carbonyl (C=O) groups is 2. The molecule has 5 rings (SSSR count). The van der Waals surface area contributed by atoms with Gasteiger partial charge in [0.15, 0.2) is 5.82 Å². The molecule has 0 saturated carbocycles. The standard InChI is InChI=1S/C30H41N7O4/c1-18-14-24(35-37(18)27(40)41-29(5,6)7)33-23-16-22-21(11-9-13-31-22)25(34-23)32-19-15-20-10-8-12-30(17-19,28(2,3)4)36(20)26(38)39/h9,11,13-14,16,19-20H,8,10,12,15,17H2,1-7H3,(H,38,39)(H2,32,33,34,35)/t19-,20-,30+/m0/s1. The molecule has 0 radical (unpaired) electrons. The molecule has 0 unspecified atom stereocenters. The van der Waals surface area contributed by atoms with E-state index >= 15 is 0 Å². The third-order valence-electron chi connectivity index (χ3n) is 8.35. The molecule has 11 heteroatoms. The highest BCUT2D eigenvalue weighted by molar-refractivity contribution is 5.91. The Balaban J connectivity index is 1.45. The molecule has 2 aliphatic rings. The summed E-state index contributed by atoms with van der Waals surface area (Å²) in [6, 6.07) is 7.47. The molecule has 0 aliphatic carbocycles. The number of nitrogens with zero attached hydrogens (tertiary/aromatic N) is 5. The number of carbonyl (C=O) groups excluding carboxylic acids is 1. The average Bonchev–Trinajstić information content (AvgIpc) is 3.21. The van der Waals surface area contributed by atoms with E-state index in [1.54, 1.807) is 24.1 Å². The topological polar surface area (TPSA) is 134 Å². The summed E-state index contributed by atoms with van der Waals surface area (Å²) in [7, 11) is 0. The van der Waals surface area contributed by atoms with Gasteiger partial charge in [-0.05, 0) is 77.3 Å². The summed E-state index contributed by atoms with van der Waals surface area (Å²) >= 11 is 0. The minimum absolute atomic E-state index is 0.0369. The third-order valence-corrected chi connectivity index (χ3v) is 8.35. The number of aromatic nitrogens is 4. The van der Waals surface area contributed by atoms with Crippen molar-refractivity contribution in [2.45, 2.75) is 104 Å². The first-order valence-electron chi connectivity index (χ1n) is 14.3. The van der Waals surface area contributed by atoms with E-state index in [0.717, 1.165) is 30.2 Å². The predicted molar refractivity (Wildman–Crippen MR) is 158 cm³/mol. The molecule has 2 saturated heterocycles. The van der Waals surface area contributed by atoms with Gasteiger partial charge in [0.25, 0.3) is 0 Å². The van der Waals surface area contributed by atoms with Crippen LogP contribution in [0, 0.1) is 12.3 Å². The summed E-state index contributed by atoms with van der Waals surface area (Å²) < 4.78 is 6.70. The van der Waals surface area contributed by atoms with E-state index in [0.29, 0.717) is 36.0 Å². The zero-order chi connectivity index (χ0) is 29.7. The van der Waals surface area contributed by atoms with Crippen LogP contribution < -0.4 is 10.6 Å². The molecule has 5 heterocycles. The molecule has 0 aromatic carbocycles. The lowest BCUT2D eigenvalue weighted by Crippen LogP contribution is -2.69. The molecular weight excluding hydrogens is 522 g/mol. The Hall–Kier alpha value is -3.89. The Morgan fingerprint density at radius 3 is 2.59 bits per heavy atom. The van der Waals surface area contributed by atoms with Gasteiger partial charge < -0.3 is 20.5 Å². The van der Waals surface area contributed by atoms with Gasteiger partial charge >= 0.3 is 12.2 Å². The maximum Gasteiger partial charge on any atom is 0.435 e. The lowest BCUT2D eigenvalue weighted by Gasteiger charge is -2.61. The molecule has 41 heavy (non-hydrogen) atoms. The number of hydrogen-bond acceptors (Lipinski definition) is 8. The van der Waals surface area contributed by atoms with E-state index in [4.69, 9.17) is 9.72 Å². The molecule has 11 nitrogen and oxygen atoms in total. The Kier molecular flexibility index (Phi) is 7.11. The second-order valence-corrected chi connectivity index (χ2v) is 13.4. The van der Waals surface area contributed by atoms with E-state index in [-0.39, 0.29) is 17.5 Å². The average molecular weight is 564 g/mol. The lowest BCUT2D eigenvalue weighted by atomic mass is 9.60. The Morgan fingerprint density at radius 1 is 1.15 bits per heavy atom. The van der Waals surface area contributed by atoms with Crippen molar-refractivity contribution >= 4 is 40.5 Å². The Bertz CT molecular complexity index is 1470. The van der Waals surface area contributed by atoms with Gasteiger partial charge in [0.2, 0.25) is 0 Å². The van der Waals surface area contributed by atoms with Gasteiger partial charge in [-0.3, -0.25) is 9.88 Å². The van der Waals surface area contributed by atoms with Crippen LogP contribution in [0.3, 0.4) is 0 Å². The van der Waals surface area contributed by atoms with Crippen LogP contribution in [0.4, 0.5) is 27.0 Å². The van der Waals surface area contributed by atoms with Gasteiger partial charge in [0.1, 0.15) is 17.2 Å². The number of piperidine rings is 2. The number of aryl methyl sites for hydroxylation is 1. The monoisotopic (exact) mass is 563 g/mol. The highest BCUT2D eigenvalue weighted by Crippen LogP contribution is 2.52. The zero-order valence-corrected chi connectivity index (χ0v) is 25.0. The quantitative estimate of drug-likeness (QED) is 0.323. The number of nitrogens with one attached hydrogen (secondary N) is 2. The number of rotatable bonds is 4. The number of carboxylic acid groups (broad SMARTS) is 1. The largest absolute Gasteiger partial charge is 0.465 e. The molecular formula is C30H41N7O4. The summed E-state index contributed by atoms with van der Waals surface area (Å²) in [5, 5.41) is 22.4. The van der Waals surface area contributed by atoms with Crippen molar-refractivity contribution in [3.05, 3.63) is 36.2 Å². The summed E-state index contributed by atoms with van der Waals surface area (Å²) in [6.45, 7) is 13.7. The van der Waals surface area contributed by atoms with Gasteiger partial charge in [0, 0.05) is 41.5 Å². The second-order valence-electron chi connectivity index (χ2n) is 13.4. The molecule has 2 bridgehead atoms. The molecule has 3 aromatic rings. The summed E-state index contributed by atoms with van der Waals surface area (Å²) in [6.07, 6.45) is 4.49. The van der Waals surface area contributed by atoms with Crippen LogP contribution in [-0.4, -0.2) is 65.2 Å². The number of pyridine rings is 2. The van der Waals surface area contributed by atoms with Gasteiger partial charge in [0.05, 0.1) is 11.1 Å². The molecule has 220 valence electrons. The van der Waals surface area contributed by atoms with Crippen molar-refractivity contribution in [2.75, 3.05) is 10.6 Å². The van der Waals surface area contributed by atoms with E-state index < -0.39 is 23.3 Å². The highest BCUT2D eigenvalue weighted by atomic mass is 16.6. The molecule has 2 fully saturated rings. The van der Waals surface area contributed by atoms with Gasteiger partial charge in [-0.15, -0.1) is 5.10 Å². The maximum absolute atomic E-state index is 12.6. The van der Waals surface area contributed by atoms with E-state index in [2.05, 4.69) is 41.5 Å². The van der Waals surface area contributed by atoms with Crippen LogP contribution in [0.25, 0.3) is 10.9 Å². The van der Waals surface area contributed by atoms with Gasteiger partial charge in [-0.25, -0.2) is 14.6 Å². The number of anilines is 3. The van der Waals surface area contributed by atoms with Crippen LogP contribution in [0.5, 0.6) is 0 Å². The second kappa shape index (κ2) is 10.2. The van der Waals surface area contributed by atoms with Crippen molar-refractivity contribution < 1.29 is 19.4 Å². The Morgan fingerprint density at radius 2 is 1.90 bits per heavy atom. The minimum Gasteiger partial charge on any atom is -0.465 e. The van der Waals surface area contributed by atoms with E-state index in [1.165, 1.54) is 4.68 Å². The SMILES string of the molecule is Cc1cc(Nc2cc3ncccc3c(N[C@H]3C[C@@H]4CCC[C@](C(C)(C)C)(C3)N4C(=O)O)n2)nn1C(=O)OC(C)(C)C. The summed E-state index contributed by atoms with van der Waals surface area (Å²) in [5.41, 5.74) is 0.0520. The van der Waals surface area contributed by atoms with E-state index in [9.17, 15) is 14.7 Å². The summed E-state index contributed by atoms with van der Waals surface area (Å²) in [4.78, 5) is 36.3. The fourth-order valence-corrected chi connectivity index (χ4v) is 6.56. The fourth-order valence-electron chi connectivity index (χ4n) is 6.56. The lowest BCUT2D eigenvalue weighted by molar-refractivity contribution is -0.0861. The first kappa shape index (κ1) is 28.6. The van der Waals surface area contributed by atoms with Crippen LogP contribution in [0.15, 0.2) is 30.5 Å².